The lowest BCUT2D eigenvalue weighted by atomic mass is 9.96. The maximum atomic E-state index is 13.3. The smallest absolute Gasteiger partial charge is 0.256 e. The van der Waals surface area contributed by atoms with Gasteiger partial charge in [-0.05, 0) is 78.9 Å². The fourth-order valence-corrected chi connectivity index (χ4v) is 5.55. The first kappa shape index (κ1) is 20.0. The number of aromatic nitrogens is 1. The second kappa shape index (κ2) is 7.05. The van der Waals surface area contributed by atoms with E-state index >= 15 is 0 Å². The Labute approximate surface area is 198 Å². The number of amidine groups is 1. The van der Waals surface area contributed by atoms with Crippen LogP contribution in [0, 0.1) is 18.8 Å². The Balaban J connectivity index is 1.14. The van der Waals surface area contributed by atoms with E-state index in [1.807, 2.05) is 16.0 Å². The number of hydrogen-bond donors (Lipinski definition) is 1. The van der Waals surface area contributed by atoms with Gasteiger partial charge in [-0.2, -0.15) is 0 Å². The van der Waals surface area contributed by atoms with Crippen LogP contribution in [0.1, 0.15) is 36.8 Å². The summed E-state index contributed by atoms with van der Waals surface area (Å²) < 4.78 is 0. The van der Waals surface area contributed by atoms with Gasteiger partial charge in [-0.25, -0.2) is 0 Å². The quantitative estimate of drug-likeness (QED) is 0.632. The maximum absolute atomic E-state index is 13.3. The number of benzene rings is 2. The van der Waals surface area contributed by atoms with Crippen molar-refractivity contribution in [1.29, 1.82) is 0 Å². The second-order valence-corrected chi connectivity index (χ2v) is 10.6. The molecule has 2 aliphatic carbocycles. The highest BCUT2D eigenvalue weighted by atomic mass is 16.2. The zero-order valence-corrected chi connectivity index (χ0v) is 19.4. The summed E-state index contributed by atoms with van der Waals surface area (Å²) in [5.74, 6) is 1.86. The molecule has 1 N–H and O–H groups in total. The summed E-state index contributed by atoms with van der Waals surface area (Å²) in [6, 6.07) is 15.0. The monoisotopic (exact) mass is 452 g/mol. The number of hydrogen-bond acceptors (Lipinski definition) is 3. The van der Waals surface area contributed by atoms with Crippen LogP contribution < -0.4 is 0 Å². The molecule has 6 nitrogen and oxygen atoms in total. The second-order valence-electron chi connectivity index (χ2n) is 10.6. The van der Waals surface area contributed by atoms with E-state index in [2.05, 4.69) is 54.4 Å². The average Bonchev–Trinajstić information content (AvgIpc) is 3.72. The zero-order chi connectivity index (χ0) is 23.0. The minimum Gasteiger partial charge on any atom is -0.361 e. The molecule has 4 aliphatic rings. The third-order valence-electron chi connectivity index (χ3n) is 7.93. The van der Waals surface area contributed by atoms with Crippen LogP contribution in [0.4, 0.5) is 0 Å². The van der Waals surface area contributed by atoms with Gasteiger partial charge in [-0.3, -0.25) is 19.5 Å². The Bertz CT molecular complexity index is 1370. The summed E-state index contributed by atoms with van der Waals surface area (Å²) in [6.45, 7) is 4.30. The molecule has 3 aromatic rings. The van der Waals surface area contributed by atoms with Crippen molar-refractivity contribution in [2.24, 2.45) is 16.8 Å². The SMILES string of the molecule is Cc1cc(C2=NC3(CC3)C(=O)N2CC2CN(C(=O)C3CC3)C2)ccc1-c1ccc2[nH]ccc2c1. The summed E-state index contributed by atoms with van der Waals surface area (Å²) >= 11 is 0. The zero-order valence-electron chi connectivity index (χ0n) is 19.4. The molecule has 3 fully saturated rings. The molecule has 1 saturated heterocycles. The number of nitrogens with zero attached hydrogens (tertiary/aromatic N) is 3. The maximum Gasteiger partial charge on any atom is 0.256 e. The lowest BCUT2D eigenvalue weighted by Gasteiger charge is -2.41. The van der Waals surface area contributed by atoms with Crippen LogP contribution in [-0.4, -0.2) is 57.6 Å². The van der Waals surface area contributed by atoms with Gasteiger partial charge in [0.1, 0.15) is 11.4 Å². The summed E-state index contributed by atoms with van der Waals surface area (Å²) in [7, 11) is 0. The Kier molecular flexibility index (Phi) is 4.15. The molecule has 6 heteroatoms. The Morgan fingerprint density at radius 3 is 2.62 bits per heavy atom. The molecule has 1 aromatic heterocycles. The van der Waals surface area contributed by atoms with E-state index in [4.69, 9.17) is 4.99 Å². The number of H-pyrrole nitrogens is 1. The Morgan fingerprint density at radius 1 is 1.09 bits per heavy atom. The lowest BCUT2D eigenvalue weighted by Crippen LogP contribution is -2.55. The number of aliphatic imine (C=N–C) groups is 1. The van der Waals surface area contributed by atoms with Gasteiger partial charge in [0.05, 0.1) is 0 Å². The minimum absolute atomic E-state index is 0.147. The van der Waals surface area contributed by atoms with Crippen LogP contribution in [0.2, 0.25) is 0 Å². The first-order valence-corrected chi connectivity index (χ1v) is 12.4. The number of amides is 2. The van der Waals surface area contributed by atoms with Gasteiger partial charge >= 0.3 is 0 Å². The van der Waals surface area contributed by atoms with Crippen LogP contribution in [0.15, 0.2) is 53.7 Å². The first-order chi connectivity index (χ1) is 16.5. The molecule has 2 aromatic carbocycles. The first-order valence-electron chi connectivity index (χ1n) is 12.4. The van der Waals surface area contributed by atoms with E-state index in [0.29, 0.717) is 18.4 Å². The molecule has 2 saturated carbocycles. The number of carbonyl (C=O) groups is 2. The minimum atomic E-state index is -0.519. The topological polar surface area (TPSA) is 68.8 Å². The predicted molar refractivity (Wildman–Crippen MR) is 131 cm³/mol. The lowest BCUT2D eigenvalue weighted by molar-refractivity contribution is -0.139. The van der Waals surface area contributed by atoms with Gasteiger partial charge in [-0.15, -0.1) is 0 Å². The van der Waals surface area contributed by atoms with Crippen LogP contribution in [-0.2, 0) is 9.59 Å². The highest BCUT2D eigenvalue weighted by molar-refractivity contribution is 6.16. The molecule has 0 radical (unpaired) electrons. The molecule has 0 atom stereocenters. The highest BCUT2D eigenvalue weighted by Crippen LogP contribution is 2.46. The Morgan fingerprint density at radius 2 is 1.88 bits per heavy atom. The normalized spacial score (nSPS) is 21.3. The van der Waals surface area contributed by atoms with Gasteiger partial charge in [0.15, 0.2) is 0 Å². The van der Waals surface area contributed by atoms with Crippen molar-refractivity contribution >= 4 is 28.6 Å². The van der Waals surface area contributed by atoms with Gasteiger partial charge < -0.3 is 9.88 Å². The molecule has 7 rings (SSSR count). The molecule has 2 amide bonds. The summed E-state index contributed by atoms with van der Waals surface area (Å²) in [6.07, 6.45) is 5.73. The van der Waals surface area contributed by atoms with Crippen LogP contribution in [0.25, 0.3) is 22.0 Å². The summed E-state index contributed by atoms with van der Waals surface area (Å²) in [5, 5.41) is 1.20. The predicted octanol–water partition coefficient (Wildman–Crippen LogP) is 4.13. The van der Waals surface area contributed by atoms with E-state index in [1.165, 1.54) is 22.1 Å². The number of aryl methyl sites for hydroxylation is 1. The number of carbonyl (C=O) groups excluding carboxylic acids is 2. The van der Waals surface area contributed by atoms with E-state index in [9.17, 15) is 9.59 Å². The number of fused-ring (bicyclic) bond motifs is 1. The van der Waals surface area contributed by atoms with Crippen molar-refractivity contribution in [2.45, 2.75) is 38.1 Å². The number of rotatable bonds is 5. The fourth-order valence-electron chi connectivity index (χ4n) is 5.55. The number of likely N-dealkylation sites (tertiary alicyclic amines) is 1. The van der Waals surface area contributed by atoms with Crippen molar-refractivity contribution in [2.75, 3.05) is 19.6 Å². The van der Waals surface area contributed by atoms with Gasteiger partial charge in [0.25, 0.3) is 5.91 Å². The van der Waals surface area contributed by atoms with Crippen molar-refractivity contribution in [3.05, 3.63) is 59.8 Å². The van der Waals surface area contributed by atoms with E-state index < -0.39 is 5.54 Å². The fraction of sp³-hybridized carbons (Fsp3) is 0.393. The Hall–Kier alpha value is -3.41. The molecule has 2 aliphatic heterocycles. The molecular formula is C28H28N4O2. The molecule has 0 unspecified atom stereocenters. The number of nitrogens with one attached hydrogen (secondary N) is 1. The van der Waals surface area contributed by atoms with Crippen LogP contribution in [0.5, 0.6) is 0 Å². The number of aromatic amines is 1. The van der Waals surface area contributed by atoms with Crippen LogP contribution >= 0.6 is 0 Å². The summed E-state index contributed by atoms with van der Waals surface area (Å²) in [5.41, 5.74) is 5.17. The average molecular weight is 453 g/mol. The van der Waals surface area contributed by atoms with Gasteiger partial charge in [0, 0.05) is 48.7 Å². The molecule has 172 valence electrons. The standard InChI is InChI=1S/C28H28N4O2/c1-17-12-22(4-6-23(17)20-5-7-24-21(13-20)8-11-29-24)25-30-28(9-10-28)27(34)32(25)16-18-14-31(15-18)26(33)19-2-3-19/h4-8,11-13,18-19,29H,2-3,9-10,14-16H2,1H3. The molecular weight excluding hydrogens is 424 g/mol. The summed E-state index contributed by atoms with van der Waals surface area (Å²) in [4.78, 5) is 37.7. The third kappa shape index (κ3) is 3.11. The van der Waals surface area contributed by atoms with Gasteiger partial charge in [-0.1, -0.05) is 18.2 Å². The largest absolute Gasteiger partial charge is 0.361 e. The van der Waals surface area contributed by atoms with Crippen molar-refractivity contribution in [3.8, 4) is 11.1 Å². The molecule has 3 heterocycles. The van der Waals surface area contributed by atoms with Gasteiger partial charge in [0.2, 0.25) is 5.91 Å². The molecule has 34 heavy (non-hydrogen) atoms. The molecule has 0 bridgehead atoms. The van der Waals surface area contributed by atoms with Crippen molar-refractivity contribution < 1.29 is 9.59 Å². The van der Waals surface area contributed by atoms with Crippen LogP contribution in [0.3, 0.4) is 0 Å². The van der Waals surface area contributed by atoms with Crippen molar-refractivity contribution in [1.82, 2.24) is 14.8 Å². The third-order valence-corrected chi connectivity index (χ3v) is 7.93. The van der Waals surface area contributed by atoms with Crippen molar-refractivity contribution in [3.63, 3.8) is 0 Å². The molecule has 1 spiro atoms. The van der Waals surface area contributed by atoms with E-state index in [1.54, 1.807) is 0 Å². The highest BCUT2D eigenvalue weighted by Gasteiger charge is 2.57. The van der Waals surface area contributed by atoms with E-state index in [0.717, 1.165) is 55.7 Å². The van der Waals surface area contributed by atoms with E-state index in [-0.39, 0.29) is 11.8 Å².